The molecule has 3 aromatic rings. The minimum atomic E-state index is -0.167. The van der Waals surface area contributed by atoms with E-state index in [0.717, 1.165) is 30.0 Å². The van der Waals surface area contributed by atoms with E-state index in [2.05, 4.69) is 15.3 Å². The summed E-state index contributed by atoms with van der Waals surface area (Å²) in [6.07, 6.45) is 5.20. The van der Waals surface area contributed by atoms with E-state index in [4.69, 9.17) is 0 Å². The van der Waals surface area contributed by atoms with Gasteiger partial charge < -0.3 is 4.90 Å². The Kier molecular flexibility index (Phi) is 5.00. The first-order valence-electron chi connectivity index (χ1n) is 8.66. The van der Waals surface area contributed by atoms with Crippen LogP contribution in [-0.2, 0) is 0 Å². The van der Waals surface area contributed by atoms with Gasteiger partial charge in [-0.25, -0.2) is 4.98 Å². The first-order chi connectivity index (χ1) is 13.1. The number of nitrogens with one attached hydrogen (secondary N) is 1. The van der Waals surface area contributed by atoms with Crippen molar-refractivity contribution in [3.63, 3.8) is 0 Å². The van der Waals surface area contributed by atoms with Gasteiger partial charge >= 0.3 is 0 Å². The largest absolute Gasteiger partial charge is 0.331 e. The zero-order chi connectivity index (χ0) is 18.8. The van der Waals surface area contributed by atoms with Gasteiger partial charge in [0.1, 0.15) is 0 Å². The summed E-state index contributed by atoms with van der Waals surface area (Å²) in [4.78, 5) is 37.3. The van der Waals surface area contributed by atoms with Crippen LogP contribution in [0.15, 0.2) is 42.0 Å². The van der Waals surface area contributed by atoms with Gasteiger partial charge in [-0.2, -0.15) is 0 Å². The summed E-state index contributed by atoms with van der Waals surface area (Å²) in [6.45, 7) is 2.57. The Balaban J connectivity index is 1.53. The third-order valence-corrected chi connectivity index (χ3v) is 6.46. The number of pyridine rings is 1. The van der Waals surface area contributed by atoms with Crippen LogP contribution in [-0.4, -0.2) is 33.2 Å². The van der Waals surface area contributed by atoms with Crippen LogP contribution in [0.3, 0.4) is 0 Å². The number of hydrogen-bond donors (Lipinski definition) is 1. The maximum Gasteiger partial charge on any atom is 0.267 e. The minimum absolute atomic E-state index is 0.00326. The van der Waals surface area contributed by atoms with Crippen LogP contribution in [0.4, 0.5) is 5.13 Å². The number of nitrogens with zero attached hydrogens (tertiary/aromatic N) is 3. The summed E-state index contributed by atoms with van der Waals surface area (Å²) in [5, 5.41) is 5.20. The normalized spacial score (nSPS) is 16.5. The van der Waals surface area contributed by atoms with Crippen molar-refractivity contribution >= 4 is 39.6 Å². The van der Waals surface area contributed by atoms with Gasteiger partial charge in [-0.3, -0.25) is 19.9 Å². The van der Waals surface area contributed by atoms with Crippen LogP contribution in [0.5, 0.6) is 0 Å². The molecule has 0 saturated carbocycles. The molecule has 1 saturated heterocycles. The molecule has 1 N–H and O–H groups in total. The highest BCUT2D eigenvalue weighted by Crippen LogP contribution is 2.37. The average molecular weight is 399 g/mol. The third kappa shape index (κ3) is 3.63. The van der Waals surface area contributed by atoms with Crippen molar-refractivity contribution in [1.29, 1.82) is 0 Å². The molecule has 1 atom stereocenters. The average Bonchev–Trinajstić information content (AvgIpc) is 3.41. The Morgan fingerprint density at radius 1 is 1.22 bits per heavy atom. The number of thiophene rings is 1. The number of amides is 2. The molecule has 0 aromatic carbocycles. The molecule has 1 aliphatic rings. The topological polar surface area (TPSA) is 75.2 Å². The van der Waals surface area contributed by atoms with Crippen molar-refractivity contribution in [1.82, 2.24) is 14.9 Å². The fraction of sp³-hybridized carbons (Fsp3) is 0.263. The van der Waals surface area contributed by atoms with Gasteiger partial charge in [0.2, 0.25) is 0 Å². The number of likely N-dealkylation sites (tertiary alicyclic amines) is 1. The van der Waals surface area contributed by atoms with Crippen molar-refractivity contribution in [2.75, 3.05) is 11.9 Å². The van der Waals surface area contributed by atoms with Crippen LogP contribution in [0.25, 0.3) is 0 Å². The summed E-state index contributed by atoms with van der Waals surface area (Å²) in [5.74, 6) is -0.162. The Morgan fingerprint density at radius 2 is 2.11 bits per heavy atom. The highest BCUT2D eigenvalue weighted by Gasteiger charge is 2.32. The van der Waals surface area contributed by atoms with Gasteiger partial charge in [-0.1, -0.05) is 0 Å². The number of aryl methyl sites for hydroxylation is 1. The summed E-state index contributed by atoms with van der Waals surface area (Å²) < 4.78 is 0. The molecule has 1 aliphatic heterocycles. The predicted molar refractivity (Wildman–Crippen MR) is 106 cm³/mol. The molecule has 4 heterocycles. The Labute approximate surface area is 164 Å². The lowest BCUT2D eigenvalue weighted by Crippen LogP contribution is -2.30. The first-order valence-corrected chi connectivity index (χ1v) is 10.4. The summed E-state index contributed by atoms with van der Waals surface area (Å²) >= 11 is 2.82. The highest BCUT2D eigenvalue weighted by molar-refractivity contribution is 7.15. The molecular formula is C19H18N4O2S2. The van der Waals surface area contributed by atoms with Crippen molar-refractivity contribution in [2.45, 2.75) is 25.8 Å². The zero-order valence-corrected chi connectivity index (χ0v) is 16.3. The molecule has 6 nitrogen and oxygen atoms in total. The van der Waals surface area contributed by atoms with Gasteiger partial charge in [-0.05, 0) is 44.0 Å². The van der Waals surface area contributed by atoms with Crippen molar-refractivity contribution in [3.8, 4) is 0 Å². The van der Waals surface area contributed by atoms with Crippen LogP contribution in [0.2, 0.25) is 0 Å². The molecule has 0 spiro atoms. The van der Waals surface area contributed by atoms with Gasteiger partial charge in [0.05, 0.1) is 16.5 Å². The van der Waals surface area contributed by atoms with E-state index in [-0.39, 0.29) is 17.9 Å². The predicted octanol–water partition coefficient (Wildman–Crippen LogP) is 4.14. The van der Waals surface area contributed by atoms with E-state index >= 15 is 0 Å². The molecule has 0 aliphatic carbocycles. The number of aromatic nitrogens is 2. The van der Waals surface area contributed by atoms with Crippen LogP contribution < -0.4 is 5.32 Å². The van der Waals surface area contributed by atoms with E-state index in [0.29, 0.717) is 15.6 Å². The van der Waals surface area contributed by atoms with Crippen molar-refractivity contribution < 1.29 is 9.59 Å². The van der Waals surface area contributed by atoms with Gasteiger partial charge in [-0.15, -0.1) is 22.7 Å². The van der Waals surface area contributed by atoms with E-state index < -0.39 is 0 Å². The van der Waals surface area contributed by atoms with Crippen LogP contribution >= 0.6 is 22.7 Å². The molecule has 0 bridgehead atoms. The van der Waals surface area contributed by atoms with E-state index in [9.17, 15) is 9.59 Å². The molecule has 138 valence electrons. The molecule has 4 rings (SSSR count). The second-order valence-electron chi connectivity index (χ2n) is 6.29. The maximum atomic E-state index is 13.0. The van der Waals surface area contributed by atoms with Gasteiger partial charge in [0, 0.05) is 34.9 Å². The fourth-order valence-corrected chi connectivity index (χ4v) is 4.84. The molecular weight excluding hydrogens is 380 g/mol. The smallest absolute Gasteiger partial charge is 0.267 e. The van der Waals surface area contributed by atoms with E-state index in [1.54, 1.807) is 18.5 Å². The van der Waals surface area contributed by atoms with Crippen LogP contribution in [0.1, 0.15) is 49.5 Å². The Morgan fingerprint density at radius 3 is 2.89 bits per heavy atom. The molecule has 0 unspecified atom stereocenters. The molecule has 8 heteroatoms. The lowest BCUT2D eigenvalue weighted by atomic mass is 10.1. The molecule has 2 amide bonds. The Hall–Kier alpha value is -2.58. The third-order valence-electron chi connectivity index (χ3n) is 4.58. The SMILES string of the molecule is Cc1ncccc1C(=O)N1CCC[C@H]1c1ccc(C(=O)Nc2nccs2)s1. The van der Waals surface area contributed by atoms with Gasteiger partial charge in [0.25, 0.3) is 11.8 Å². The molecule has 0 radical (unpaired) electrons. The number of anilines is 1. The summed E-state index contributed by atoms with van der Waals surface area (Å²) in [6, 6.07) is 7.38. The molecule has 27 heavy (non-hydrogen) atoms. The Bertz CT molecular complexity index is 968. The molecule has 1 fully saturated rings. The lowest BCUT2D eigenvalue weighted by molar-refractivity contribution is 0.0736. The summed E-state index contributed by atoms with van der Waals surface area (Å²) in [5.41, 5.74) is 1.38. The highest BCUT2D eigenvalue weighted by atomic mass is 32.1. The zero-order valence-electron chi connectivity index (χ0n) is 14.7. The lowest BCUT2D eigenvalue weighted by Gasteiger charge is -2.24. The number of rotatable bonds is 4. The number of thiazole rings is 1. The van der Waals surface area contributed by atoms with E-state index in [1.165, 1.54) is 22.7 Å². The number of carbonyl (C=O) groups excluding carboxylic acids is 2. The second kappa shape index (κ2) is 7.58. The van der Waals surface area contributed by atoms with Crippen LogP contribution in [0, 0.1) is 6.92 Å². The van der Waals surface area contributed by atoms with Crippen molar-refractivity contribution in [3.05, 3.63) is 63.1 Å². The quantitative estimate of drug-likeness (QED) is 0.717. The van der Waals surface area contributed by atoms with Gasteiger partial charge in [0.15, 0.2) is 5.13 Å². The monoisotopic (exact) mass is 398 g/mol. The minimum Gasteiger partial charge on any atom is -0.331 e. The number of hydrogen-bond acceptors (Lipinski definition) is 6. The number of carbonyl (C=O) groups is 2. The van der Waals surface area contributed by atoms with E-state index in [1.807, 2.05) is 35.4 Å². The fourth-order valence-electron chi connectivity index (χ4n) is 3.27. The van der Waals surface area contributed by atoms with Crippen molar-refractivity contribution in [2.24, 2.45) is 0 Å². The first kappa shape index (κ1) is 17.8. The maximum absolute atomic E-state index is 13.0. The molecule has 3 aromatic heterocycles. The second-order valence-corrected chi connectivity index (χ2v) is 8.30. The summed E-state index contributed by atoms with van der Waals surface area (Å²) in [7, 11) is 0. The standard InChI is InChI=1S/C19H18N4O2S2/c1-12-13(4-2-8-20-12)18(25)23-10-3-5-14(23)15-6-7-16(27-15)17(24)22-19-21-9-11-26-19/h2,4,6-9,11,14H,3,5,10H2,1H3,(H,21,22,24)/t14-/m0/s1.